The van der Waals surface area contributed by atoms with Crippen molar-refractivity contribution in [2.24, 2.45) is 0 Å². The predicted molar refractivity (Wildman–Crippen MR) is 67.2 cm³/mol. The topological polar surface area (TPSA) is 67.5 Å². The summed E-state index contributed by atoms with van der Waals surface area (Å²) in [4.78, 5) is 1.92. The predicted octanol–water partition coefficient (Wildman–Crippen LogP) is 1.39. The Balaban J connectivity index is 2.86. The number of anilines is 1. The molecular weight excluding hydrogens is 240 g/mol. The van der Waals surface area contributed by atoms with Gasteiger partial charge in [0.05, 0.1) is 17.2 Å². The molecule has 0 spiro atoms. The lowest BCUT2D eigenvalue weighted by Crippen LogP contribution is -2.28. The third-order valence-electron chi connectivity index (χ3n) is 2.39. The molecule has 0 aliphatic carbocycles. The number of nitrogens with zero attached hydrogens (tertiary/aromatic N) is 2. The summed E-state index contributed by atoms with van der Waals surface area (Å²) in [7, 11) is 0. The number of rotatable bonds is 6. The van der Waals surface area contributed by atoms with Gasteiger partial charge < -0.3 is 15.1 Å². The van der Waals surface area contributed by atoms with E-state index in [1.54, 1.807) is 18.2 Å². The van der Waals surface area contributed by atoms with Gasteiger partial charge in [-0.25, -0.2) is 0 Å². The molecule has 1 rings (SSSR count). The Hall–Kier alpha value is -1.28. The number of hydrogen-bond acceptors (Lipinski definition) is 4. The summed E-state index contributed by atoms with van der Waals surface area (Å²) in [6, 6.07) is 7.14. The molecule has 0 fully saturated rings. The summed E-state index contributed by atoms with van der Waals surface area (Å²) in [6.07, 6.45) is 0.623. The van der Waals surface area contributed by atoms with E-state index in [4.69, 9.17) is 27.1 Å². The first-order valence-corrected chi connectivity index (χ1v) is 5.77. The van der Waals surface area contributed by atoms with Crippen LogP contribution in [0, 0.1) is 11.3 Å². The van der Waals surface area contributed by atoms with Gasteiger partial charge in [0.25, 0.3) is 0 Å². The minimum absolute atomic E-state index is 0.0308. The molecule has 1 aromatic carbocycles. The van der Waals surface area contributed by atoms with Crippen LogP contribution in [0.4, 0.5) is 5.69 Å². The summed E-state index contributed by atoms with van der Waals surface area (Å²) >= 11 is 5.95. The molecule has 2 N–H and O–H groups in total. The number of halogens is 1. The van der Waals surface area contributed by atoms with Crippen molar-refractivity contribution in [1.29, 1.82) is 5.26 Å². The first-order chi connectivity index (χ1) is 8.22. The van der Waals surface area contributed by atoms with Crippen molar-refractivity contribution in [2.45, 2.75) is 6.42 Å². The number of aliphatic hydroxyl groups excluding tert-OH is 2. The van der Waals surface area contributed by atoms with E-state index < -0.39 is 0 Å². The second-order valence-corrected chi connectivity index (χ2v) is 3.97. The van der Waals surface area contributed by atoms with Crippen LogP contribution in [0.5, 0.6) is 0 Å². The summed E-state index contributed by atoms with van der Waals surface area (Å²) in [5, 5.41) is 27.0. The number of benzene rings is 1. The minimum atomic E-state index is 0.0308. The fourth-order valence-electron chi connectivity index (χ4n) is 1.54. The lowest BCUT2D eigenvalue weighted by molar-refractivity contribution is 0.281. The summed E-state index contributed by atoms with van der Waals surface area (Å²) in [5.41, 5.74) is 1.28. The molecule has 0 saturated heterocycles. The zero-order valence-corrected chi connectivity index (χ0v) is 10.2. The van der Waals surface area contributed by atoms with Crippen molar-refractivity contribution in [2.75, 3.05) is 31.2 Å². The Morgan fingerprint density at radius 2 is 2.00 bits per heavy atom. The summed E-state index contributed by atoms with van der Waals surface area (Å²) < 4.78 is 0. The third-order valence-corrected chi connectivity index (χ3v) is 2.71. The summed E-state index contributed by atoms with van der Waals surface area (Å²) in [6.45, 7) is 1.25. The molecule has 17 heavy (non-hydrogen) atoms. The largest absolute Gasteiger partial charge is 0.396 e. The molecule has 0 amide bonds. The van der Waals surface area contributed by atoms with Crippen molar-refractivity contribution in [3.63, 3.8) is 0 Å². The molecule has 0 aliphatic heterocycles. The average molecular weight is 255 g/mol. The first kappa shape index (κ1) is 13.8. The highest BCUT2D eigenvalue weighted by molar-refractivity contribution is 6.32. The minimum Gasteiger partial charge on any atom is -0.396 e. The first-order valence-electron chi connectivity index (χ1n) is 5.39. The van der Waals surface area contributed by atoms with Crippen molar-refractivity contribution in [3.8, 4) is 6.07 Å². The maximum Gasteiger partial charge on any atom is 0.101 e. The second-order valence-electron chi connectivity index (χ2n) is 3.56. The maximum absolute atomic E-state index is 8.98. The van der Waals surface area contributed by atoms with Crippen LogP contribution in [0.3, 0.4) is 0 Å². The molecule has 0 unspecified atom stereocenters. The maximum atomic E-state index is 8.98. The van der Waals surface area contributed by atoms with E-state index in [1.165, 1.54) is 0 Å². The van der Waals surface area contributed by atoms with Gasteiger partial charge in [0.2, 0.25) is 0 Å². The van der Waals surface area contributed by atoms with Gasteiger partial charge in [-0.05, 0) is 24.6 Å². The van der Waals surface area contributed by atoms with E-state index in [1.807, 2.05) is 11.0 Å². The zero-order chi connectivity index (χ0) is 12.7. The van der Waals surface area contributed by atoms with E-state index in [2.05, 4.69) is 0 Å². The smallest absolute Gasteiger partial charge is 0.101 e. The number of hydrogen-bond donors (Lipinski definition) is 2. The van der Waals surface area contributed by atoms with Crippen LogP contribution in [0.2, 0.25) is 5.02 Å². The van der Waals surface area contributed by atoms with Crippen LogP contribution in [-0.2, 0) is 0 Å². The van der Waals surface area contributed by atoms with E-state index in [0.29, 0.717) is 30.1 Å². The van der Waals surface area contributed by atoms with Gasteiger partial charge in [0.15, 0.2) is 0 Å². The molecule has 4 nitrogen and oxygen atoms in total. The van der Waals surface area contributed by atoms with Gasteiger partial charge in [-0.1, -0.05) is 11.6 Å². The molecule has 1 aromatic rings. The number of aliphatic hydroxyl groups is 2. The van der Waals surface area contributed by atoms with Crippen molar-refractivity contribution >= 4 is 17.3 Å². The van der Waals surface area contributed by atoms with Gasteiger partial charge in [0.1, 0.15) is 6.07 Å². The van der Waals surface area contributed by atoms with Crippen molar-refractivity contribution in [1.82, 2.24) is 0 Å². The molecular formula is C12H15ClN2O2. The van der Waals surface area contributed by atoms with E-state index in [0.717, 1.165) is 5.69 Å². The molecule has 92 valence electrons. The highest BCUT2D eigenvalue weighted by atomic mass is 35.5. The Bertz CT molecular complexity index is 404. The Morgan fingerprint density at radius 3 is 2.53 bits per heavy atom. The molecule has 5 heteroatoms. The molecule has 0 heterocycles. The highest BCUT2D eigenvalue weighted by Crippen LogP contribution is 2.23. The summed E-state index contributed by atoms with van der Waals surface area (Å²) in [5.74, 6) is 0. The van der Waals surface area contributed by atoms with Crippen molar-refractivity contribution < 1.29 is 10.2 Å². The van der Waals surface area contributed by atoms with E-state index in [9.17, 15) is 0 Å². The Labute approximate surface area is 106 Å². The Morgan fingerprint density at radius 1 is 1.24 bits per heavy atom. The molecule has 0 radical (unpaired) electrons. The third kappa shape index (κ3) is 3.90. The molecule has 0 saturated carbocycles. The van der Waals surface area contributed by atoms with Gasteiger partial charge in [-0.15, -0.1) is 0 Å². The van der Waals surface area contributed by atoms with Crippen LogP contribution in [0.25, 0.3) is 0 Å². The van der Waals surface area contributed by atoms with Gasteiger partial charge >= 0.3 is 0 Å². The lowest BCUT2D eigenvalue weighted by Gasteiger charge is -2.23. The molecule has 0 aromatic heterocycles. The molecule has 0 bridgehead atoms. The fraction of sp³-hybridized carbons (Fsp3) is 0.417. The van der Waals surface area contributed by atoms with Crippen LogP contribution in [0.15, 0.2) is 18.2 Å². The normalized spacial score (nSPS) is 10.0. The zero-order valence-electron chi connectivity index (χ0n) is 9.43. The average Bonchev–Trinajstić information content (AvgIpc) is 2.34. The highest BCUT2D eigenvalue weighted by Gasteiger charge is 2.08. The molecule has 0 atom stereocenters. The monoisotopic (exact) mass is 254 g/mol. The standard InChI is InChI=1S/C12H15ClN2O2/c13-12-8-11(3-2-10(12)9-14)15(5-7-17)4-1-6-16/h2-3,8,16-17H,1,4-7H2. The van der Waals surface area contributed by atoms with E-state index >= 15 is 0 Å². The van der Waals surface area contributed by atoms with Gasteiger partial charge in [-0.2, -0.15) is 5.26 Å². The quantitative estimate of drug-likeness (QED) is 0.805. The number of nitriles is 1. The van der Waals surface area contributed by atoms with Crippen molar-refractivity contribution in [3.05, 3.63) is 28.8 Å². The van der Waals surface area contributed by atoms with Crippen LogP contribution >= 0.6 is 11.6 Å². The SMILES string of the molecule is N#Cc1ccc(N(CCO)CCCO)cc1Cl. The van der Waals surface area contributed by atoms with Gasteiger partial charge in [-0.3, -0.25) is 0 Å². The fourth-order valence-corrected chi connectivity index (χ4v) is 1.76. The Kier molecular flexibility index (Phi) is 5.78. The van der Waals surface area contributed by atoms with Crippen LogP contribution in [0.1, 0.15) is 12.0 Å². The van der Waals surface area contributed by atoms with E-state index in [-0.39, 0.29) is 13.2 Å². The van der Waals surface area contributed by atoms with Gasteiger partial charge in [0, 0.05) is 25.4 Å². The van der Waals surface area contributed by atoms with Crippen LogP contribution in [-0.4, -0.2) is 36.5 Å². The molecule has 0 aliphatic rings. The van der Waals surface area contributed by atoms with Crippen LogP contribution < -0.4 is 4.90 Å². The lowest BCUT2D eigenvalue weighted by atomic mass is 10.2. The second kappa shape index (κ2) is 7.13.